The second kappa shape index (κ2) is 10.5. The van der Waals surface area contributed by atoms with Gasteiger partial charge in [-0.2, -0.15) is 10.4 Å². The summed E-state index contributed by atoms with van der Waals surface area (Å²) in [6.07, 6.45) is 3.34. The number of nitrogens with zero attached hydrogens (tertiary/aromatic N) is 3. The Morgan fingerprint density at radius 1 is 1.12 bits per heavy atom. The number of amides is 1. The van der Waals surface area contributed by atoms with E-state index < -0.39 is 5.91 Å². The molecule has 168 valence electrons. The van der Waals surface area contributed by atoms with Crippen LogP contribution >= 0.6 is 11.6 Å². The fourth-order valence-corrected chi connectivity index (χ4v) is 3.48. The van der Waals surface area contributed by atoms with Crippen LogP contribution in [0.1, 0.15) is 11.1 Å². The number of likely N-dealkylation sites (N-methyl/N-ethyl adjacent to an activating group) is 1. The average molecular weight is 469 g/mol. The van der Waals surface area contributed by atoms with Crippen molar-refractivity contribution in [3.05, 3.63) is 107 Å². The molecule has 7 heteroatoms. The van der Waals surface area contributed by atoms with Gasteiger partial charge in [-0.25, -0.2) is 4.68 Å². The van der Waals surface area contributed by atoms with Gasteiger partial charge < -0.3 is 10.1 Å². The summed E-state index contributed by atoms with van der Waals surface area (Å²) in [6.45, 7) is 0.390. The molecule has 0 aliphatic rings. The van der Waals surface area contributed by atoms with Crippen molar-refractivity contribution < 1.29 is 9.53 Å². The number of nitriles is 1. The van der Waals surface area contributed by atoms with Crippen molar-refractivity contribution in [3.63, 3.8) is 0 Å². The summed E-state index contributed by atoms with van der Waals surface area (Å²) in [5, 5.41) is 17.4. The van der Waals surface area contributed by atoms with Gasteiger partial charge in [0.15, 0.2) is 0 Å². The molecule has 0 aliphatic carbocycles. The zero-order valence-corrected chi connectivity index (χ0v) is 19.2. The van der Waals surface area contributed by atoms with Crippen molar-refractivity contribution >= 4 is 23.6 Å². The van der Waals surface area contributed by atoms with Gasteiger partial charge in [0.05, 0.1) is 5.69 Å². The number of halogens is 1. The van der Waals surface area contributed by atoms with Crippen LogP contribution in [0.5, 0.6) is 5.75 Å². The second-order valence-corrected chi connectivity index (χ2v) is 7.84. The molecular weight excluding hydrogens is 448 g/mol. The summed E-state index contributed by atoms with van der Waals surface area (Å²) in [7, 11) is 1.49. The molecule has 0 saturated carbocycles. The highest BCUT2D eigenvalue weighted by Gasteiger charge is 2.15. The maximum Gasteiger partial charge on any atom is 0.261 e. The molecule has 3 aromatic carbocycles. The summed E-state index contributed by atoms with van der Waals surface area (Å²) in [5.41, 5.74) is 3.90. The Morgan fingerprint density at radius 3 is 2.59 bits per heavy atom. The highest BCUT2D eigenvalue weighted by Crippen LogP contribution is 2.29. The molecule has 0 radical (unpaired) electrons. The summed E-state index contributed by atoms with van der Waals surface area (Å²) >= 11 is 5.95. The normalized spacial score (nSPS) is 11.0. The van der Waals surface area contributed by atoms with Crippen molar-refractivity contribution in [1.29, 1.82) is 5.26 Å². The minimum absolute atomic E-state index is 0.00787. The molecule has 0 unspecified atom stereocenters. The van der Waals surface area contributed by atoms with Crippen LogP contribution in [0.2, 0.25) is 5.02 Å². The van der Waals surface area contributed by atoms with Crippen LogP contribution in [-0.2, 0) is 11.4 Å². The van der Waals surface area contributed by atoms with Crippen LogP contribution in [0, 0.1) is 11.3 Å². The molecule has 34 heavy (non-hydrogen) atoms. The van der Waals surface area contributed by atoms with Crippen LogP contribution in [0.25, 0.3) is 23.0 Å². The maximum atomic E-state index is 12.1. The van der Waals surface area contributed by atoms with E-state index in [-0.39, 0.29) is 5.57 Å². The Morgan fingerprint density at radius 2 is 1.88 bits per heavy atom. The lowest BCUT2D eigenvalue weighted by Crippen LogP contribution is -2.19. The van der Waals surface area contributed by atoms with E-state index in [4.69, 9.17) is 21.4 Å². The Balaban J connectivity index is 1.71. The zero-order valence-electron chi connectivity index (χ0n) is 18.4. The van der Waals surface area contributed by atoms with Gasteiger partial charge >= 0.3 is 0 Å². The zero-order chi connectivity index (χ0) is 23.9. The average Bonchev–Trinajstić information content (AvgIpc) is 3.31. The molecule has 0 atom stereocenters. The first kappa shape index (κ1) is 22.8. The van der Waals surface area contributed by atoms with Gasteiger partial charge in [-0.15, -0.1) is 0 Å². The van der Waals surface area contributed by atoms with E-state index in [2.05, 4.69) is 5.32 Å². The smallest absolute Gasteiger partial charge is 0.261 e. The third-order valence-corrected chi connectivity index (χ3v) is 5.33. The first-order chi connectivity index (χ1) is 16.6. The number of carbonyl (C=O) groups excluding carboxylic acids is 1. The van der Waals surface area contributed by atoms with Crippen molar-refractivity contribution in [2.75, 3.05) is 7.05 Å². The van der Waals surface area contributed by atoms with Crippen molar-refractivity contribution in [2.45, 2.75) is 6.61 Å². The molecule has 1 heterocycles. The number of hydrogen-bond donors (Lipinski definition) is 1. The number of para-hydroxylation sites is 1. The second-order valence-electron chi connectivity index (χ2n) is 7.41. The summed E-state index contributed by atoms with van der Waals surface area (Å²) in [4.78, 5) is 12.1. The lowest BCUT2D eigenvalue weighted by atomic mass is 10.1. The van der Waals surface area contributed by atoms with E-state index in [9.17, 15) is 10.1 Å². The van der Waals surface area contributed by atoms with Crippen LogP contribution in [-0.4, -0.2) is 22.7 Å². The number of carbonyl (C=O) groups is 1. The molecule has 1 aromatic heterocycles. The van der Waals surface area contributed by atoms with E-state index >= 15 is 0 Å². The molecule has 0 aliphatic heterocycles. The van der Waals surface area contributed by atoms with Crippen LogP contribution in [0.15, 0.2) is 90.6 Å². The molecule has 1 amide bonds. The van der Waals surface area contributed by atoms with Crippen LogP contribution in [0.4, 0.5) is 0 Å². The monoisotopic (exact) mass is 468 g/mol. The van der Waals surface area contributed by atoms with E-state index in [1.165, 1.54) is 7.05 Å². The quantitative estimate of drug-likeness (QED) is 0.290. The van der Waals surface area contributed by atoms with E-state index in [1.807, 2.05) is 84.9 Å². The third kappa shape index (κ3) is 5.34. The molecule has 0 spiro atoms. The molecule has 1 N–H and O–H groups in total. The Hall–Kier alpha value is -4.34. The maximum absolute atomic E-state index is 12.1. The van der Waals surface area contributed by atoms with Crippen LogP contribution < -0.4 is 10.1 Å². The number of aromatic nitrogens is 2. The molecule has 0 fully saturated rings. The first-order valence-corrected chi connectivity index (χ1v) is 10.9. The first-order valence-electron chi connectivity index (χ1n) is 10.5. The van der Waals surface area contributed by atoms with E-state index in [0.717, 1.165) is 16.8 Å². The SMILES string of the molecule is CNC(=O)/C(C#N)=C/c1cn(-c2ccccc2)nc1-c1cccc(OCc2ccc(Cl)cc2)c1. The van der Waals surface area contributed by atoms with E-state index in [1.54, 1.807) is 17.0 Å². The Labute approximate surface area is 202 Å². The molecular formula is C27H21ClN4O2. The van der Waals surface area contributed by atoms with Gasteiger partial charge in [0.25, 0.3) is 5.91 Å². The standard InChI is InChI=1S/C27H21ClN4O2/c1-30-27(33)21(16-29)14-22-17-32(24-7-3-2-4-8-24)31-26(22)20-6-5-9-25(15-20)34-18-19-10-12-23(28)13-11-19/h2-15,17H,18H2,1H3,(H,30,33)/b21-14+. The molecule has 6 nitrogen and oxygen atoms in total. The van der Waals surface area contributed by atoms with Gasteiger partial charge in [-0.1, -0.05) is 54.1 Å². The number of nitrogens with one attached hydrogen (secondary N) is 1. The molecule has 4 aromatic rings. The Bertz CT molecular complexity index is 1370. The van der Waals surface area contributed by atoms with Gasteiger partial charge in [0, 0.05) is 29.4 Å². The van der Waals surface area contributed by atoms with Crippen molar-refractivity contribution in [2.24, 2.45) is 0 Å². The number of hydrogen-bond acceptors (Lipinski definition) is 4. The minimum Gasteiger partial charge on any atom is -0.489 e. The van der Waals surface area contributed by atoms with Gasteiger partial charge in [0.1, 0.15) is 29.7 Å². The van der Waals surface area contributed by atoms with Crippen LogP contribution in [0.3, 0.4) is 0 Å². The number of rotatable bonds is 7. The highest BCUT2D eigenvalue weighted by molar-refractivity contribution is 6.30. The van der Waals surface area contributed by atoms with E-state index in [0.29, 0.717) is 28.6 Å². The summed E-state index contributed by atoms with van der Waals surface area (Å²) in [5.74, 6) is 0.212. The van der Waals surface area contributed by atoms with Crippen molar-refractivity contribution in [3.8, 4) is 28.8 Å². The predicted octanol–water partition coefficient (Wildman–Crippen LogP) is 5.42. The van der Waals surface area contributed by atoms with Gasteiger partial charge in [0.2, 0.25) is 0 Å². The highest BCUT2D eigenvalue weighted by atomic mass is 35.5. The summed E-state index contributed by atoms with van der Waals surface area (Å²) in [6, 6.07) is 26.6. The van der Waals surface area contributed by atoms with Gasteiger partial charge in [-0.3, -0.25) is 4.79 Å². The summed E-state index contributed by atoms with van der Waals surface area (Å²) < 4.78 is 7.70. The lowest BCUT2D eigenvalue weighted by molar-refractivity contribution is -0.116. The number of ether oxygens (including phenoxy) is 1. The molecule has 0 bridgehead atoms. The number of benzene rings is 3. The third-order valence-electron chi connectivity index (χ3n) is 5.08. The Kier molecular flexibility index (Phi) is 7.07. The predicted molar refractivity (Wildman–Crippen MR) is 132 cm³/mol. The van der Waals surface area contributed by atoms with Gasteiger partial charge in [-0.05, 0) is 48.0 Å². The fraction of sp³-hybridized carbons (Fsp3) is 0.0741. The molecule has 0 saturated heterocycles. The lowest BCUT2D eigenvalue weighted by Gasteiger charge is -2.08. The fourth-order valence-electron chi connectivity index (χ4n) is 3.35. The largest absolute Gasteiger partial charge is 0.489 e. The van der Waals surface area contributed by atoms with Crippen molar-refractivity contribution in [1.82, 2.24) is 15.1 Å². The molecule has 4 rings (SSSR count). The minimum atomic E-state index is -0.457. The topological polar surface area (TPSA) is 79.9 Å².